The molecule has 0 radical (unpaired) electrons. The number of nitrogens with zero attached hydrogens (tertiary/aromatic N) is 1. The fraction of sp³-hybridized carbons (Fsp3) is 0.235. The van der Waals surface area contributed by atoms with Gasteiger partial charge in [-0.25, -0.2) is 4.79 Å². The van der Waals surface area contributed by atoms with E-state index in [-0.39, 0.29) is 6.03 Å². The molecule has 0 bridgehead atoms. The van der Waals surface area contributed by atoms with Crippen molar-refractivity contribution in [3.05, 3.63) is 58.6 Å². The van der Waals surface area contributed by atoms with Crippen molar-refractivity contribution in [2.75, 3.05) is 30.9 Å². The average Bonchev–Trinajstić information content (AvgIpc) is 2.49. The number of hydrogen-bond donors (Lipinski definition) is 2. The first-order valence-electron chi connectivity index (χ1n) is 7.12. The number of rotatable bonds is 5. The Morgan fingerprint density at radius 1 is 1.14 bits per heavy atom. The summed E-state index contributed by atoms with van der Waals surface area (Å²) in [5.74, 6) is 0. The van der Waals surface area contributed by atoms with E-state index in [0.717, 1.165) is 22.3 Å². The molecule has 0 heterocycles. The maximum absolute atomic E-state index is 11.9. The molecule has 22 heavy (non-hydrogen) atoms. The van der Waals surface area contributed by atoms with Gasteiger partial charge in [-0.05, 0) is 36.2 Å². The van der Waals surface area contributed by atoms with E-state index in [0.29, 0.717) is 6.54 Å². The van der Waals surface area contributed by atoms with Gasteiger partial charge in [-0.15, -0.1) is 0 Å². The number of hydrogen-bond acceptors (Lipinski definition) is 2. The van der Waals surface area contributed by atoms with Crippen LogP contribution in [0.3, 0.4) is 0 Å². The zero-order valence-corrected chi connectivity index (χ0v) is 14.4. The van der Waals surface area contributed by atoms with Crippen molar-refractivity contribution in [3.8, 4) is 0 Å². The minimum Gasteiger partial charge on any atom is -0.378 e. The molecule has 0 spiro atoms. The molecule has 0 aromatic heterocycles. The van der Waals surface area contributed by atoms with Crippen LogP contribution in [0.15, 0.2) is 53.0 Å². The van der Waals surface area contributed by atoms with Crippen LogP contribution < -0.4 is 15.5 Å². The van der Waals surface area contributed by atoms with Crippen LogP contribution in [0.2, 0.25) is 0 Å². The zero-order chi connectivity index (χ0) is 15.9. The highest BCUT2D eigenvalue weighted by atomic mass is 79.9. The van der Waals surface area contributed by atoms with Crippen LogP contribution in [0.4, 0.5) is 16.2 Å². The summed E-state index contributed by atoms with van der Waals surface area (Å²) in [6.07, 6.45) is 0.784. The maximum Gasteiger partial charge on any atom is 0.319 e. The van der Waals surface area contributed by atoms with E-state index in [4.69, 9.17) is 0 Å². The number of carbonyl (C=O) groups is 1. The smallest absolute Gasteiger partial charge is 0.319 e. The lowest BCUT2D eigenvalue weighted by Crippen LogP contribution is -2.30. The minimum absolute atomic E-state index is 0.192. The number of nitrogens with one attached hydrogen (secondary N) is 2. The molecular formula is C17H20BrN3O. The van der Waals surface area contributed by atoms with Crippen LogP contribution in [-0.4, -0.2) is 26.7 Å². The van der Waals surface area contributed by atoms with E-state index < -0.39 is 0 Å². The van der Waals surface area contributed by atoms with Gasteiger partial charge in [0, 0.05) is 36.5 Å². The molecule has 116 valence electrons. The summed E-state index contributed by atoms with van der Waals surface area (Å²) in [5.41, 5.74) is 3.01. The molecule has 0 saturated carbocycles. The first-order chi connectivity index (χ1) is 10.6. The summed E-state index contributed by atoms with van der Waals surface area (Å²) in [6.45, 7) is 0.585. The lowest BCUT2D eigenvalue weighted by Gasteiger charge is -2.14. The van der Waals surface area contributed by atoms with Gasteiger partial charge in [0.2, 0.25) is 0 Å². The first-order valence-corrected chi connectivity index (χ1v) is 7.91. The van der Waals surface area contributed by atoms with Crippen molar-refractivity contribution < 1.29 is 4.79 Å². The maximum atomic E-state index is 11.9. The van der Waals surface area contributed by atoms with Gasteiger partial charge in [0.1, 0.15) is 0 Å². The standard InChI is InChI=1S/C17H20BrN3O/c1-21(2)15-8-5-7-14(12-15)20-17(22)19-11-10-13-6-3-4-9-16(13)18/h3-9,12H,10-11H2,1-2H3,(H2,19,20,22). The van der Waals surface area contributed by atoms with Crippen molar-refractivity contribution in [2.45, 2.75) is 6.42 Å². The molecule has 2 rings (SSSR count). The molecule has 0 aliphatic heterocycles. The molecule has 0 unspecified atom stereocenters. The summed E-state index contributed by atoms with van der Waals surface area (Å²) in [6, 6.07) is 15.6. The summed E-state index contributed by atoms with van der Waals surface area (Å²) in [4.78, 5) is 13.9. The minimum atomic E-state index is -0.192. The van der Waals surface area contributed by atoms with E-state index in [2.05, 4.69) is 26.6 Å². The van der Waals surface area contributed by atoms with Crippen LogP contribution in [0.25, 0.3) is 0 Å². The highest BCUT2D eigenvalue weighted by Gasteiger charge is 2.04. The van der Waals surface area contributed by atoms with E-state index in [1.54, 1.807) is 0 Å². The summed E-state index contributed by atoms with van der Waals surface area (Å²) in [7, 11) is 3.94. The van der Waals surface area contributed by atoms with E-state index in [9.17, 15) is 4.79 Å². The Labute approximate surface area is 139 Å². The normalized spacial score (nSPS) is 10.1. The molecular weight excluding hydrogens is 342 g/mol. The molecule has 2 N–H and O–H groups in total. The van der Waals surface area contributed by atoms with Gasteiger partial charge in [-0.1, -0.05) is 40.2 Å². The fourth-order valence-corrected chi connectivity index (χ4v) is 2.53. The molecule has 0 atom stereocenters. The second kappa shape index (κ2) is 7.84. The number of carbonyl (C=O) groups excluding carboxylic acids is 1. The first kappa shape index (κ1) is 16.4. The Balaban J connectivity index is 1.83. The summed E-state index contributed by atoms with van der Waals surface area (Å²) < 4.78 is 1.07. The average molecular weight is 362 g/mol. The number of anilines is 2. The SMILES string of the molecule is CN(C)c1cccc(NC(=O)NCCc2ccccc2Br)c1. The fourth-order valence-electron chi connectivity index (χ4n) is 2.05. The van der Waals surface area contributed by atoms with Crippen LogP contribution in [0.1, 0.15) is 5.56 Å². The van der Waals surface area contributed by atoms with Gasteiger partial charge in [0.15, 0.2) is 0 Å². The predicted molar refractivity (Wildman–Crippen MR) is 95.6 cm³/mol. The van der Waals surface area contributed by atoms with Crippen molar-refractivity contribution in [1.82, 2.24) is 5.32 Å². The molecule has 0 aliphatic rings. The Hall–Kier alpha value is -2.01. The predicted octanol–water partition coefficient (Wildman–Crippen LogP) is 3.88. The number of urea groups is 1. The van der Waals surface area contributed by atoms with Gasteiger partial charge in [0.05, 0.1) is 0 Å². The van der Waals surface area contributed by atoms with Crippen molar-refractivity contribution in [3.63, 3.8) is 0 Å². The third-order valence-corrected chi connectivity index (χ3v) is 4.03. The van der Waals surface area contributed by atoms with Gasteiger partial charge in [0.25, 0.3) is 0 Å². The number of benzene rings is 2. The van der Waals surface area contributed by atoms with Crippen LogP contribution in [0.5, 0.6) is 0 Å². The van der Waals surface area contributed by atoms with Crippen LogP contribution in [-0.2, 0) is 6.42 Å². The van der Waals surface area contributed by atoms with Gasteiger partial charge in [-0.3, -0.25) is 0 Å². The Bertz CT molecular complexity index is 643. The second-order valence-corrected chi connectivity index (χ2v) is 6.02. The molecule has 2 aromatic carbocycles. The number of amides is 2. The van der Waals surface area contributed by atoms with Crippen LogP contribution >= 0.6 is 15.9 Å². The third kappa shape index (κ3) is 4.77. The second-order valence-electron chi connectivity index (χ2n) is 5.17. The third-order valence-electron chi connectivity index (χ3n) is 3.26. The molecule has 4 nitrogen and oxygen atoms in total. The monoisotopic (exact) mass is 361 g/mol. The van der Waals surface area contributed by atoms with Crippen LogP contribution in [0, 0.1) is 0 Å². The van der Waals surface area contributed by atoms with E-state index in [1.807, 2.05) is 67.5 Å². The zero-order valence-electron chi connectivity index (χ0n) is 12.8. The summed E-state index contributed by atoms with van der Waals surface area (Å²) >= 11 is 3.51. The van der Waals surface area contributed by atoms with E-state index >= 15 is 0 Å². The Morgan fingerprint density at radius 2 is 1.91 bits per heavy atom. The van der Waals surface area contributed by atoms with Crippen molar-refractivity contribution >= 4 is 33.3 Å². The summed E-state index contributed by atoms with van der Waals surface area (Å²) in [5, 5.41) is 5.72. The lowest BCUT2D eigenvalue weighted by atomic mass is 10.1. The quantitative estimate of drug-likeness (QED) is 0.848. The van der Waals surface area contributed by atoms with Gasteiger partial charge >= 0.3 is 6.03 Å². The molecule has 5 heteroatoms. The topological polar surface area (TPSA) is 44.4 Å². The van der Waals surface area contributed by atoms with Crippen molar-refractivity contribution in [2.24, 2.45) is 0 Å². The molecule has 2 amide bonds. The van der Waals surface area contributed by atoms with Gasteiger partial charge in [-0.2, -0.15) is 0 Å². The Morgan fingerprint density at radius 3 is 2.64 bits per heavy atom. The Kier molecular flexibility index (Phi) is 5.83. The molecule has 2 aromatic rings. The molecule has 0 aliphatic carbocycles. The van der Waals surface area contributed by atoms with E-state index in [1.165, 1.54) is 5.56 Å². The molecule has 0 saturated heterocycles. The van der Waals surface area contributed by atoms with Gasteiger partial charge < -0.3 is 15.5 Å². The largest absolute Gasteiger partial charge is 0.378 e. The highest BCUT2D eigenvalue weighted by Crippen LogP contribution is 2.17. The highest BCUT2D eigenvalue weighted by molar-refractivity contribution is 9.10. The molecule has 0 fully saturated rings. The number of halogens is 1. The van der Waals surface area contributed by atoms with Crippen molar-refractivity contribution in [1.29, 1.82) is 0 Å². The lowest BCUT2D eigenvalue weighted by molar-refractivity contribution is 0.252.